The first-order valence-corrected chi connectivity index (χ1v) is 8.28. The number of likely N-dealkylation sites (N-methyl/N-ethyl adjacent to an activating group) is 2. The molecule has 2 rings (SSSR count). The van der Waals surface area contributed by atoms with Crippen molar-refractivity contribution in [2.45, 2.75) is 43.6 Å². The highest BCUT2D eigenvalue weighted by atomic mass is 35.5. The molecule has 5 heteroatoms. The molecule has 0 amide bonds. The summed E-state index contributed by atoms with van der Waals surface area (Å²) in [6.07, 6.45) is 3.97. The SMILES string of the molecule is CC(c1nc(CCl)cs1)N(C)CC1(N(C)C)CCC1. The highest BCUT2D eigenvalue weighted by molar-refractivity contribution is 7.09. The predicted octanol–water partition coefficient (Wildman–Crippen LogP) is 3.36. The van der Waals surface area contributed by atoms with Crippen LogP contribution < -0.4 is 0 Å². The molecule has 0 aromatic carbocycles. The van der Waals surface area contributed by atoms with E-state index < -0.39 is 0 Å². The molecule has 0 saturated heterocycles. The fraction of sp³-hybridized carbons (Fsp3) is 0.786. The minimum atomic E-state index is 0.361. The Morgan fingerprint density at radius 2 is 2.11 bits per heavy atom. The van der Waals surface area contributed by atoms with Gasteiger partial charge in [0.1, 0.15) is 5.01 Å². The van der Waals surface area contributed by atoms with E-state index in [1.165, 1.54) is 24.3 Å². The normalized spacial score (nSPS) is 19.7. The first-order chi connectivity index (χ1) is 8.98. The maximum absolute atomic E-state index is 5.83. The molecule has 0 N–H and O–H groups in total. The van der Waals surface area contributed by atoms with Crippen LogP contribution in [0.15, 0.2) is 5.38 Å². The van der Waals surface area contributed by atoms with Gasteiger partial charge in [0.05, 0.1) is 17.6 Å². The Hall–Kier alpha value is -0.160. The first-order valence-electron chi connectivity index (χ1n) is 6.86. The Balaban J connectivity index is 2.00. The summed E-state index contributed by atoms with van der Waals surface area (Å²) in [4.78, 5) is 9.42. The zero-order valence-corrected chi connectivity index (χ0v) is 13.9. The molecule has 19 heavy (non-hydrogen) atoms. The van der Waals surface area contributed by atoms with Gasteiger partial charge in [-0.1, -0.05) is 0 Å². The zero-order chi connectivity index (χ0) is 14.0. The Kier molecular flexibility index (Phi) is 4.88. The van der Waals surface area contributed by atoms with Crippen LogP contribution in [0.25, 0.3) is 0 Å². The second kappa shape index (κ2) is 6.08. The molecule has 108 valence electrons. The van der Waals surface area contributed by atoms with Gasteiger partial charge >= 0.3 is 0 Å². The highest BCUT2D eigenvalue weighted by Crippen LogP contribution is 2.38. The summed E-state index contributed by atoms with van der Waals surface area (Å²) in [5.41, 5.74) is 1.36. The van der Waals surface area contributed by atoms with Gasteiger partial charge < -0.3 is 4.90 Å². The summed E-state index contributed by atoms with van der Waals surface area (Å²) in [5, 5.41) is 3.24. The lowest BCUT2D eigenvalue weighted by Crippen LogP contribution is -2.56. The number of alkyl halides is 1. The van der Waals surface area contributed by atoms with Crippen molar-refractivity contribution in [1.82, 2.24) is 14.8 Å². The number of rotatable bonds is 6. The second-order valence-corrected chi connectivity index (χ2v) is 7.03. The van der Waals surface area contributed by atoms with Gasteiger partial charge in [0.25, 0.3) is 0 Å². The first kappa shape index (κ1) is 15.2. The summed E-state index contributed by atoms with van der Waals surface area (Å²) in [6, 6.07) is 0.361. The van der Waals surface area contributed by atoms with E-state index in [0.717, 1.165) is 12.2 Å². The average Bonchev–Trinajstić information content (AvgIpc) is 2.80. The van der Waals surface area contributed by atoms with Crippen molar-refractivity contribution in [3.05, 3.63) is 16.1 Å². The summed E-state index contributed by atoms with van der Waals surface area (Å²) in [7, 11) is 6.61. The molecule has 0 spiro atoms. The molecule has 1 saturated carbocycles. The van der Waals surface area contributed by atoms with E-state index in [-0.39, 0.29) is 0 Å². The maximum Gasteiger partial charge on any atom is 0.110 e. The van der Waals surface area contributed by atoms with Crippen molar-refractivity contribution in [2.75, 3.05) is 27.7 Å². The largest absolute Gasteiger partial charge is 0.302 e. The summed E-state index contributed by atoms with van der Waals surface area (Å²) in [6.45, 7) is 3.34. The third kappa shape index (κ3) is 3.13. The number of halogens is 1. The van der Waals surface area contributed by atoms with Gasteiger partial charge in [-0.15, -0.1) is 22.9 Å². The molecule has 0 radical (unpaired) electrons. The Morgan fingerprint density at radius 3 is 2.53 bits per heavy atom. The van der Waals surface area contributed by atoms with Crippen molar-refractivity contribution >= 4 is 22.9 Å². The molecule has 1 aliphatic carbocycles. The van der Waals surface area contributed by atoms with Crippen molar-refractivity contribution < 1.29 is 0 Å². The van der Waals surface area contributed by atoms with Crippen LogP contribution in [0.5, 0.6) is 0 Å². The molecule has 1 aliphatic rings. The standard InChI is InChI=1S/C14H24ClN3S/c1-11(13-16-12(8-15)9-19-13)18(4)10-14(17(2)3)6-5-7-14/h9,11H,5-8,10H2,1-4H3. The van der Waals surface area contributed by atoms with Crippen LogP contribution in [0.1, 0.15) is 42.9 Å². The lowest BCUT2D eigenvalue weighted by atomic mass is 9.75. The lowest BCUT2D eigenvalue weighted by Gasteiger charge is -2.50. The Morgan fingerprint density at radius 1 is 1.42 bits per heavy atom. The van der Waals surface area contributed by atoms with E-state index in [4.69, 9.17) is 11.6 Å². The Labute approximate surface area is 125 Å². The minimum absolute atomic E-state index is 0.361. The van der Waals surface area contributed by atoms with Gasteiger partial charge in [-0.2, -0.15) is 0 Å². The van der Waals surface area contributed by atoms with Crippen LogP contribution in [0.2, 0.25) is 0 Å². The molecule has 0 aliphatic heterocycles. The van der Waals surface area contributed by atoms with E-state index in [1.807, 2.05) is 0 Å². The van der Waals surface area contributed by atoms with Crippen molar-refractivity contribution in [3.8, 4) is 0 Å². The van der Waals surface area contributed by atoms with Gasteiger partial charge in [0.15, 0.2) is 0 Å². The van der Waals surface area contributed by atoms with Crippen LogP contribution >= 0.6 is 22.9 Å². The number of aromatic nitrogens is 1. The fourth-order valence-corrected chi connectivity index (χ4v) is 3.87. The molecule has 1 unspecified atom stereocenters. The number of hydrogen-bond acceptors (Lipinski definition) is 4. The van der Waals surface area contributed by atoms with Crippen molar-refractivity contribution in [2.24, 2.45) is 0 Å². The van der Waals surface area contributed by atoms with E-state index in [9.17, 15) is 0 Å². The summed E-state index contributed by atoms with van der Waals surface area (Å²) in [5.74, 6) is 0.509. The van der Waals surface area contributed by atoms with Crippen molar-refractivity contribution in [1.29, 1.82) is 0 Å². The smallest absolute Gasteiger partial charge is 0.110 e. The number of hydrogen-bond donors (Lipinski definition) is 0. The van der Waals surface area contributed by atoms with E-state index in [1.54, 1.807) is 11.3 Å². The van der Waals surface area contributed by atoms with Gasteiger partial charge in [0.2, 0.25) is 0 Å². The number of nitrogens with zero attached hydrogens (tertiary/aromatic N) is 3. The van der Waals surface area contributed by atoms with Crippen molar-refractivity contribution in [3.63, 3.8) is 0 Å². The van der Waals surface area contributed by atoms with E-state index in [2.05, 4.69) is 48.2 Å². The van der Waals surface area contributed by atoms with Crippen LogP contribution in [0.3, 0.4) is 0 Å². The fourth-order valence-electron chi connectivity index (χ4n) is 2.70. The van der Waals surface area contributed by atoms with Crippen LogP contribution in [-0.2, 0) is 5.88 Å². The van der Waals surface area contributed by atoms with Crippen LogP contribution in [0.4, 0.5) is 0 Å². The molecule has 1 aromatic heterocycles. The summed E-state index contributed by atoms with van der Waals surface area (Å²) < 4.78 is 0. The molecule has 3 nitrogen and oxygen atoms in total. The molecule has 1 atom stereocenters. The molecule has 1 fully saturated rings. The molecule has 1 aromatic rings. The van der Waals surface area contributed by atoms with E-state index in [0.29, 0.717) is 17.5 Å². The molecule has 0 bridgehead atoms. The quantitative estimate of drug-likeness (QED) is 0.751. The third-order valence-corrected chi connectivity index (χ3v) is 5.84. The Bertz CT molecular complexity index is 415. The van der Waals surface area contributed by atoms with Gasteiger partial charge in [-0.3, -0.25) is 4.90 Å². The van der Waals surface area contributed by atoms with Crippen LogP contribution in [-0.4, -0.2) is 48.0 Å². The molecular weight excluding hydrogens is 278 g/mol. The second-order valence-electron chi connectivity index (χ2n) is 5.87. The molecule has 1 heterocycles. The van der Waals surface area contributed by atoms with Gasteiger partial charge in [0, 0.05) is 17.5 Å². The topological polar surface area (TPSA) is 19.4 Å². The van der Waals surface area contributed by atoms with E-state index >= 15 is 0 Å². The minimum Gasteiger partial charge on any atom is -0.302 e. The predicted molar refractivity (Wildman–Crippen MR) is 83.0 cm³/mol. The lowest BCUT2D eigenvalue weighted by molar-refractivity contribution is 0.0179. The zero-order valence-electron chi connectivity index (χ0n) is 12.3. The summed E-state index contributed by atoms with van der Waals surface area (Å²) >= 11 is 7.55. The number of thiazole rings is 1. The van der Waals surface area contributed by atoms with Gasteiger partial charge in [-0.05, 0) is 47.3 Å². The maximum atomic E-state index is 5.83. The van der Waals surface area contributed by atoms with Gasteiger partial charge in [-0.25, -0.2) is 4.98 Å². The third-order valence-electron chi connectivity index (χ3n) is 4.50. The monoisotopic (exact) mass is 301 g/mol. The average molecular weight is 302 g/mol. The molecular formula is C14H24ClN3S. The van der Waals surface area contributed by atoms with Crippen LogP contribution in [0, 0.1) is 0 Å². The highest BCUT2D eigenvalue weighted by Gasteiger charge is 2.40.